The van der Waals surface area contributed by atoms with Crippen molar-refractivity contribution in [2.45, 2.75) is 45.1 Å². The van der Waals surface area contributed by atoms with Crippen LogP contribution in [0.4, 0.5) is 5.69 Å². The van der Waals surface area contributed by atoms with E-state index >= 15 is 0 Å². The van der Waals surface area contributed by atoms with Crippen molar-refractivity contribution in [1.82, 2.24) is 10.3 Å². The summed E-state index contributed by atoms with van der Waals surface area (Å²) in [5.74, 6) is 0. The topological polar surface area (TPSA) is 37.0 Å². The summed E-state index contributed by atoms with van der Waals surface area (Å²) in [7, 11) is 0. The molecule has 1 aromatic carbocycles. The molecule has 3 nitrogen and oxygen atoms in total. The fourth-order valence-corrected chi connectivity index (χ4v) is 3.21. The zero-order chi connectivity index (χ0) is 14.7. The molecular weight excluding hydrogens is 278 g/mol. The molecule has 0 amide bonds. The molecule has 0 bridgehead atoms. The molecule has 110 valence electrons. The van der Waals surface area contributed by atoms with Gasteiger partial charge >= 0.3 is 0 Å². The first-order valence-corrected chi connectivity index (χ1v) is 8.07. The van der Waals surface area contributed by atoms with Crippen LogP contribution < -0.4 is 10.6 Å². The Hall–Kier alpha value is -1.68. The van der Waals surface area contributed by atoms with Crippen LogP contribution in [0.15, 0.2) is 30.3 Å². The normalized spacial score (nSPS) is 15.9. The number of fused-ring (bicyclic) bond motifs is 1. The molecule has 0 atom stereocenters. The van der Waals surface area contributed by atoms with Crippen molar-refractivity contribution in [3.8, 4) is 0 Å². The van der Waals surface area contributed by atoms with Crippen LogP contribution in [-0.2, 0) is 0 Å². The number of hydrogen-bond acceptors (Lipinski definition) is 2. The van der Waals surface area contributed by atoms with Crippen LogP contribution in [0.25, 0.3) is 10.9 Å². The van der Waals surface area contributed by atoms with Gasteiger partial charge in [0, 0.05) is 17.1 Å². The van der Waals surface area contributed by atoms with Crippen molar-refractivity contribution < 1.29 is 0 Å². The average Bonchev–Trinajstić information content (AvgIpc) is 2.49. The number of rotatable bonds is 2. The third-order valence-electron chi connectivity index (χ3n) is 4.05. The molecule has 4 heteroatoms. The van der Waals surface area contributed by atoms with E-state index in [2.05, 4.69) is 27.8 Å². The van der Waals surface area contributed by atoms with Gasteiger partial charge < -0.3 is 10.6 Å². The second-order valence-electron chi connectivity index (χ2n) is 5.76. The molecule has 0 unspecified atom stereocenters. The third-order valence-corrected chi connectivity index (χ3v) is 4.27. The van der Waals surface area contributed by atoms with Crippen LogP contribution >= 0.6 is 12.2 Å². The minimum absolute atomic E-state index is 0.517. The van der Waals surface area contributed by atoms with Crippen LogP contribution in [0.3, 0.4) is 0 Å². The number of hydrogen-bond donors (Lipinski definition) is 2. The van der Waals surface area contributed by atoms with Gasteiger partial charge in [-0.15, -0.1) is 0 Å². The van der Waals surface area contributed by atoms with Gasteiger partial charge in [-0.2, -0.15) is 0 Å². The van der Waals surface area contributed by atoms with E-state index in [1.54, 1.807) is 0 Å². The maximum atomic E-state index is 5.46. The van der Waals surface area contributed by atoms with Gasteiger partial charge in [0.1, 0.15) is 0 Å². The van der Waals surface area contributed by atoms with Gasteiger partial charge in [-0.1, -0.05) is 37.5 Å². The van der Waals surface area contributed by atoms with Gasteiger partial charge in [-0.25, -0.2) is 0 Å². The Kier molecular flexibility index (Phi) is 4.34. The molecular formula is C17H21N3S. The molecule has 1 aliphatic carbocycles. The summed E-state index contributed by atoms with van der Waals surface area (Å²) < 4.78 is 0. The Labute approximate surface area is 131 Å². The SMILES string of the molecule is Cc1ccc2cccc(NC(=S)NC3CCCCC3)c2n1. The predicted octanol–water partition coefficient (Wildman–Crippen LogP) is 4.16. The Morgan fingerprint density at radius 3 is 2.76 bits per heavy atom. The summed E-state index contributed by atoms with van der Waals surface area (Å²) in [6, 6.07) is 10.8. The number of para-hydroxylation sites is 1. The maximum Gasteiger partial charge on any atom is 0.171 e. The summed E-state index contributed by atoms with van der Waals surface area (Å²) >= 11 is 5.46. The van der Waals surface area contributed by atoms with Crippen molar-refractivity contribution in [3.05, 3.63) is 36.0 Å². The summed E-state index contributed by atoms with van der Waals surface area (Å²) in [5, 5.41) is 8.59. The molecule has 1 fully saturated rings. The van der Waals surface area contributed by atoms with Gasteiger partial charge in [0.15, 0.2) is 5.11 Å². The molecule has 0 aliphatic heterocycles. The number of pyridine rings is 1. The van der Waals surface area contributed by atoms with Crippen LogP contribution in [-0.4, -0.2) is 16.1 Å². The smallest absolute Gasteiger partial charge is 0.171 e. The lowest BCUT2D eigenvalue weighted by molar-refractivity contribution is 0.415. The largest absolute Gasteiger partial charge is 0.360 e. The molecule has 0 saturated heterocycles. The molecule has 2 aromatic rings. The number of thiocarbonyl (C=S) groups is 1. The number of aromatic nitrogens is 1. The highest BCUT2D eigenvalue weighted by molar-refractivity contribution is 7.80. The Bertz CT molecular complexity index is 648. The summed E-state index contributed by atoms with van der Waals surface area (Å²) in [5.41, 5.74) is 2.97. The van der Waals surface area contributed by atoms with E-state index in [0.29, 0.717) is 11.2 Å². The van der Waals surface area contributed by atoms with Gasteiger partial charge in [-0.05, 0) is 44.1 Å². The van der Waals surface area contributed by atoms with Gasteiger partial charge in [-0.3, -0.25) is 4.98 Å². The monoisotopic (exact) mass is 299 g/mol. The minimum Gasteiger partial charge on any atom is -0.360 e. The highest BCUT2D eigenvalue weighted by atomic mass is 32.1. The lowest BCUT2D eigenvalue weighted by atomic mass is 9.96. The first-order valence-electron chi connectivity index (χ1n) is 7.66. The highest BCUT2D eigenvalue weighted by Crippen LogP contribution is 2.22. The number of aryl methyl sites for hydroxylation is 1. The maximum absolute atomic E-state index is 5.46. The van der Waals surface area contributed by atoms with Gasteiger partial charge in [0.25, 0.3) is 0 Å². The van der Waals surface area contributed by atoms with E-state index in [9.17, 15) is 0 Å². The first-order chi connectivity index (χ1) is 10.2. The van der Waals surface area contributed by atoms with Crippen molar-refractivity contribution in [3.63, 3.8) is 0 Å². The van der Waals surface area contributed by atoms with Crippen molar-refractivity contribution in [1.29, 1.82) is 0 Å². The number of anilines is 1. The predicted molar refractivity (Wildman–Crippen MR) is 92.7 cm³/mol. The Balaban J connectivity index is 1.74. The lowest BCUT2D eigenvalue weighted by Crippen LogP contribution is -2.38. The molecule has 1 saturated carbocycles. The van der Waals surface area contributed by atoms with Crippen LogP contribution in [0, 0.1) is 6.92 Å². The summed E-state index contributed by atoms with van der Waals surface area (Å²) in [4.78, 5) is 4.63. The van der Waals surface area contributed by atoms with E-state index in [-0.39, 0.29) is 0 Å². The number of benzene rings is 1. The Morgan fingerprint density at radius 2 is 1.95 bits per heavy atom. The van der Waals surface area contributed by atoms with Crippen LogP contribution in [0.2, 0.25) is 0 Å². The fraction of sp³-hybridized carbons (Fsp3) is 0.412. The average molecular weight is 299 g/mol. The second-order valence-corrected chi connectivity index (χ2v) is 6.17. The molecule has 0 spiro atoms. The van der Waals surface area contributed by atoms with Crippen molar-refractivity contribution in [2.75, 3.05) is 5.32 Å². The molecule has 0 radical (unpaired) electrons. The molecule has 1 aromatic heterocycles. The standard InChI is InChI=1S/C17H21N3S/c1-12-10-11-13-6-5-9-15(16(13)18-12)20-17(21)19-14-7-3-2-4-8-14/h5-6,9-11,14H,2-4,7-8H2,1H3,(H2,19,20,21). The van der Waals surface area contributed by atoms with E-state index < -0.39 is 0 Å². The van der Waals surface area contributed by atoms with E-state index in [0.717, 1.165) is 22.3 Å². The highest BCUT2D eigenvalue weighted by Gasteiger charge is 2.14. The number of nitrogens with zero attached hydrogens (tertiary/aromatic N) is 1. The molecule has 2 N–H and O–H groups in total. The third kappa shape index (κ3) is 3.50. The van der Waals surface area contributed by atoms with Gasteiger partial charge in [0.2, 0.25) is 0 Å². The number of nitrogens with one attached hydrogen (secondary N) is 2. The second kappa shape index (κ2) is 6.39. The molecule has 3 rings (SSSR count). The lowest BCUT2D eigenvalue weighted by Gasteiger charge is -2.24. The zero-order valence-corrected chi connectivity index (χ0v) is 13.2. The first kappa shape index (κ1) is 14.3. The van der Waals surface area contributed by atoms with Crippen LogP contribution in [0.1, 0.15) is 37.8 Å². The van der Waals surface area contributed by atoms with E-state index in [4.69, 9.17) is 12.2 Å². The Morgan fingerprint density at radius 1 is 1.14 bits per heavy atom. The fourth-order valence-electron chi connectivity index (χ4n) is 2.94. The van der Waals surface area contributed by atoms with E-state index in [1.807, 2.05) is 25.1 Å². The quantitative estimate of drug-likeness (QED) is 0.816. The zero-order valence-electron chi connectivity index (χ0n) is 12.4. The minimum atomic E-state index is 0.517. The van der Waals surface area contributed by atoms with Crippen molar-refractivity contribution in [2.24, 2.45) is 0 Å². The molecule has 1 heterocycles. The van der Waals surface area contributed by atoms with Gasteiger partial charge in [0.05, 0.1) is 11.2 Å². The van der Waals surface area contributed by atoms with Crippen molar-refractivity contribution >= 4 is 33.9 Å². The molecule has 1 aliphatic rings. The van der Waals surface area contributed by atoms with E-state index in [1.165, 1.54) is 32.1 Å². The molecule has 21 heavy (non-hydrogen) atoms. The van der Waals surface area contributed by atoms with Crippen LogP contribution in [0.5, 0.6) is 0 Å². The summed E-state index contributed by atoms with van der Waals surface area (Å²) in [6.07, 6.45) is 6.39. The summed E-state index contributed by atoms with van der Waals surface area (Å²) in [6.45, 7) is 2.01.